The number of ether oxygens (including phenoxy) is 2. The van der Waals surface area contributed by atoms with Crippen LogP contribution < -0.4 is 9.47 Å². The molecule has 0 bridgehead atoms. The zero-order chi connectivity index (χ0) is 25.1. The first-order chi connectivity index (χ1) is 16.7. The van der Waals surface area contributed by atoms with E-state index in [1.54, 1.807) is 12.1 Å². The molecule has 2 heterocycles. The molecule has 10 nitrogen and oxygen atoms in total. The van der Waals surface area contributed by atoms with Crippen molar-refractivity contribution in [1.29, 1.82) is 0 Å². The Hall–Kier alpha value is -4.03. The second kappa shape index (κ2) is 10.1. The third-order valence-electron chi connectivity index (χ3n) is 4.74. The molecule has 35 heavy (non-hydrogen) atoms. The van der Waals surface area contributed by atoms with Crippen LogP contribution in [0, 0.1) is 15.9 Å². The van der Waals surface area contributed by atoms with Crippen LogP contribution in [0.5, 0.6) is 17.4 Å². The van der Waals surface area contributed by atoms with Crippen molar-refractivity contribution in [3.8, 4) is 17.4 Å². The van der Waals surface area contributed by atoms with E-state index in [4.69, 9.17) is 21.1 Å². The van der Waals surface area contributed by atoms with Crippen molar-refractivity contribution in [2.75, 3.05) is 7.11 Å². The summed E-state index contributed by atoms with van der Waals surface area (Å²) in [5.41, 5.74) is 1.00. The topological polar surface area (TPSA) is 125 Å². The highest BCUT2D eigenvalue weighted by Gasteiger charge is 2.35. The minimum atomic E-state index is -0.817. The number of nitro groups is 1. The zero-order valence-corrected chi connectivity index (χ0v) is 19.4. The summed E-state index contributed by atoms with van der Waals surface area (Å²) in [6.07, 6.45) is 2.38. The average Bonchev–Trinajstić information content (AvgIpc) is 3.09. The Morgan fingerprint density at radius 3 is 2.63 bits per heavy atom. The second-order valence-corrected chi connectivity index (χ2v) is 8.33. The number of amides is 2. The molecular formula is C22H14ClFN4O6S. The quantitative estimate of drug-likeness (QED) is 0.180. The molecule has 4 rings (SSSR count). The Balaban J connectivity index is 1.52. The first-order valence-corrected chi connectivity index (χ1v) is 11.0. The normalized spacial score (nSPS) is 14.5. The van der Waals surface area contributed by atoms with E-state index in [-0.39, 0.29) is 39.8 Å². The van der Waals surface area contributed by atoms with E-state index >= 15 is 0 Å². The lowest BCUT2D eigenvalue weighted by atomic mass is 10.1. The number of carbonyl (C=O) groups excluding carboxylic acids is 2. The number of aromatic nitrogens is 2. The number of hydrogen-bond donors (Lipinski definition) is 0. The Bertz CT molecular complexity index is 1370. The van der Waals surface area contributed by atoms with Gasteiger partial charge in [0.15, 0.2) is 11.5 Å². The monoisotopic (exact) mass is 516 g/mol. The van der Waals surface area contributed by atoms with Crippen LogP contribution in [0.2, 0.25) is 5.28 Å². The van der Waals surface area contributed by atoms with Crippen LogP contribution in [0.15, 0.2) is 53.6 Å². The number of nitrogens with zero attached hydrogens (tertiary/aromatic N) is 4. The molecule has 0 atom stereocenters. The molecule has 2 aromatic carbocycles. The van der Waals surface area contributed by atoms with Crippen molar-refractivity contribution < 1.29 is 28.4 Å². The van der Waals surface area contributed by atoms with E-state index in [1.165, 1.54) is 43.5 Å². The molecule has 0 N–H and O–H groups in total. The summed E-state index contributed by atoms with van der Waals surface area (Å²) in [5.74, 6) is -1.34. The number of halogens is 2. The number of non-ortho nitro benzene ring substituents is 1. The number of imide groups is 1. The van der Waals surface area contributed by atoms with Gasteiger partial charge in [-0.3, -0.25) is 24.6 Å². The van der Waals surface area contributed by atoms with Crippen molar-refractivity contribution in [3.63, 3.8) is 0 Å². The zero-order valence-electron chi connectivity index (χ0n) is 17.8. The first kappa shape index (κ1) is 24.1. The number of carbonyl (C=O) groups is 2. The summed E-state index contributed by atoms with van der Waals surface area (Å²) < 4.78 is 24.6. The Kier molecular flexibility index (Phi) is 6.94. The molecule has 0 radical (unpaired) electrons. The van der Waals surface area contributed by atoms with Gasteiger partial charge < -0.3 is 9.47 Å². The lowest BCUT2D eigenvalue weighted by molar-refractivity contribution is -0.384. The van der Waals surface area contributed by atoms with Gasteiger partial charge in [0.05, 0.1) is 29.7 Å². The molecule has 1 saturated heterocycles. The minimum absolute atomic E-state index is 0.0246. The maximum Gasteiger partial charge on any atom is 0.293 e. The molecule has 1 aromatic heterocycles. The third-order valence-corrected chi connectivity index (χ3v) is 5.83. The van der Waals surface area contributed by atoms with Gasteiger partial charge >= 0.3 is 0 Å². The fourth-order valence-electron chi connectivity index (χ4n) is 3.06. The predicted molar refractivity (Wildman–Crippen MR) is 125 cm³/mol. The smallest absolute Gasteiger partial charge is 0.293 e. The van der Waals surface area contributed by atoms with Gasteiger partial charge in [-0.2, -0.15) is 9.37 Å². The fraction of sp³-hybridized carbons (Fsp3) is 0.0909. The summed E-state index contributed by atoms with van der Waals surface area (Å²) in [6, 6.07) is 10.2. The van der Waals surface area contributed by atoms with E-state index in [1.807, 2.05) is 0 Å². The van der Waals surface area contributed by atoms with Gasteiger partial charge in [0.1, 0.15) is 0 Å². The van der Waals surface area contributed by atoms with Gasteiger partial charge in [-0.15, -0.1) is 0 Å². The molecule has 0 saturated carbocycles. The highest BCUT2D eigenvalue weighted by molar-refractivity contribution is 8.18. The molecule has 13 heteroatoms. The number of nitro benzene ring substituents is 1. The number of hydrogen-bond acceptors (Lipinski definition) is 9. The highest BCUT2D eigenvalue weighted by atomic mass is 35.5. The minimum Gasteiger partial charge on any atom is -0.493 e. The van der Waals surface area contributed by atoms with Crippen LogP contribution in [0.1, 0.15) is 11.1 Å². The predicted octanol–water partition coefficient (Wildman–Crippen LogP) is 5.21. The van der Waals surface area contributed by atoms with Gasteiger partial charge in [0.2, 0.25) is 11.1 Å². The van der Waals surface area contributed by atoms with Crippen LogP contribution >= 0.6 is 23.4 Å². The van der Waals surface area contributed by atoms with Crippen molar-refractivity contribution in [2.24, 2.45) is 0 Å². The maximum absolute atomic E-state index is 13.9. The van der Waals surface area contributed by atoms with E-state index in [0.29, 0.717) is 11.1 Å². The third kappa shape index (κ3) is 5.39. The Morgan fingerprint density at radius 2 is 1.94 bits per heavy atom. The van der Waals surface area contributed by atoms with E-state index < -0.39 is 21.9 Å². The molecule has 1 aliphatic heterocycles. The average molecular weight is 517 g/mol. The summed E-state index contributed by atoms with van der Waals surface area (Å²) in [4.78, 5) is 43.9. The lowest BCUT2D eigenvalue weighted by Gasteiger charge is -2.12. The summed E-state index contributed by atoms with van der Waals surface area (Å²) in [7, 11) is 1.38. The van der Waals surface area contributed by atoms with Crippen molar-refractivity contribution in [3.05, 3.63) is 85.9 Å². The maximum atomic E-state index is 13.9. The van der Waals surface area contributed by atoms with Gasteiger partial charge in [0.25, 0.3) is 22.7 Å². The molecule has 1 aliphatic rings. The van der Waals surface area contributed by atoms with Gasteiger partial charge in [-0.25, -0.2) is 4.98 Å². The van der Waals surface area contributed by atoms with Crippen LogP contribution in [-0.2, 0) is 11.3 Å². The molecule has 3 aromatic rings. The Morgan fingerprint density at radius 1 is 1.20 bits per heavy atom. The van der Waals surface area contributed by atoms with Gasteiger partial charge in [-0.05, 0) is 52.7 Å². The van der Waals surface area contributed by atoms with Gasteiger partial charge in [0, 0.05) is 12.1 Å². The van der Waals surface area contributed by atoms with Crippen LogP contribution in [-0.4, -0.2) is 38.0 Å². The summed E-state index contributed by atoms with van der Waals surface area (Å²) >= 11 is 6.45. The highest BCUT2D eigenvalue weighted by Crippen LogP contribution is 2.36. The van der Waals surface area contributed by atoms with Crippen LogP contribution in [0.3, 0.4) is 0 Å². The number of benzene rings is 2. The van der Waals surface area contributed by atoms with Gasteiger partial charge in [-0.1, -0.05) is 18.2 Å². The molecule has 0 aliphatic carbocycles. The largest absolute Gasteiger partial charge is 0.493 e. The first-order valence-electron chi connectivity index (χ1n) is 9.78. The second-order valence-electron chi connectivity index (χ2n) is 7.00. The fourth-order valence-corrected chi connectivity index (χ4v) is 4.02. The number of thioether (sulfide) groups is 1. The SMILES string of the molecule is COc1cc(/C=C2\SC(=O)N(Cc3ccc([N+](=O)[O-])cc3)C2=O)ccc1Oc1nc(Cl)ncc1F. The molecule has 178 valence electrons. The number of rotatable bonds is 7. The standard InChI is InChI=1S/C22H14ClFN4O6S/c1-33-17-8-13(4-7-16(17)34-19-15(24)10-25-21(23)26-19)9-18-20(29)27(22(30)35-18)11-12-2-5-14(6-3-12)28(31)32/h2-10H,11H2,1H3/b18-9-. The van der Waals surface area contributed by atoms with E-state index in [2.05, 4.69) is 9.97 Å². The molecule has 1 fully saturated rings. The molecule has 0 unspecified atom stereocenters. The van der Waals surface area contributed by atoms with Crippen molar-refractivity contribution in [1.82, 2.24) is 14.9 Å². The summed E-state index contributed by atoms with van der Waals surface area (Å²) in [6.45, 7) is -0.0246. The van der Waals surface area contributed by atoms with Crippen LogP contribution in [0.25, 0.3) is 6.08 Å². The summed E-state index contributed by atoms with van der Waals surface area (Å²) in [5, 5.41) is 10.1. The molecular weight excluding hydrogens is 503 g/mol. The number of methoxy groups -OCH3 is 1. The van der Waals surface area contributed by atoms with E-state index in [9.17, 15) is 24.1 Å². The molecule has 0 spiro atoms. The lowest BCUT2D eigenvalue weighted by Crippen LogP contribution is -2.27. The van der Waals surface area contributed by atoms with Crippen LogP contribution in [0.4, 0.5) is 14.9 Å². The van der Waals surface area contributed by atoms with Crippen molar-refractivity contribution >= 4 is 46.3 Å². The molecule has 2 amide bonds. The van der Waals surface area contributed by atoms with E-state index in [0.717, 1.165) is 22.9 Å². The van der Waals surface area contributed by atoms with Crippen molar-refractivity contribution in [2.45, 2.75) is 6.54 Å². The Labute approximate surface area is 206 Å².